The number of aryl methyl sites for hydroxylation is 1. The number of halogens is 1. The van der Waals surface area contributed by atoms with E-state index in [1.807, 2.05) is 49.4 Å². The van der Waals surface area contributed by atoms with Gasteiger partial charge in [-0.3, -0.25) is 4.79 Å². The second kappa shape index (κ2) is 8.67. The van der Waals surface area contributed by atoms with Crippen molar-refractivity contribution in [2.45, 2.75) is 6.92 Å². The van der Waals surface area contributed by atoms with Crippen LogP contribution < -0.4 is 15.8 Å². The summed E-state index contributed by atoms with van der Waals surface area (Å²) in [5.41, 5.74) is 9.26. The smallest absolute Gasteiger partial charge is 0.267 e. The fraction of sp³-hybridized carbons (Fsp3) is 0.0400. The van der Waals surface area contributed by atoms with Gasteiger partial charge in [0, 0.05) is 5.69 Å². The Labute approximate surface area is 179 Å². The van der Waals surface area contributed by atoms with E-state index < -0.39 is 5.91 Å². The standard InChI is InChI=1S/C25H20FN3O2/c1-16-4-2-3-5-22(16)28-24-15-18(14-23(29-24)25(27)30)17-6-10-20(11-7-17)31-21-12-8-19(26)9-13-21/h2-15H,1H3,(H2,27,30)(H,28,29). The lowest BCUT2D eigenvalue weighted by molar-refractivity contribution is 0.0995. The predicted octanol–water partition coefficient (Wildman–Crippen LogP) is 5.83. The molecule has 0 aliphatic rings. The minimum Gasteiger partial charge on any atom is -0.457 e. The van der Waals surface area contributed by atoms with Gasteiger partial charge in [-0.2, -0.15) is 0 Å². The highest BCUT2D eigenvalue weighted by Crippen LogP contribution is 2.29. The van der Waals surface area contributed by atoms with E-state index in [2.05, 4.69) is 10.3 Å². The van der Waals surface area contributed by atoms with Gasteiger partial charge < -0.3 is 15.8 Å². The van der Waals surface area contributed by atoms with Crippen LogP contribution in [-0.4, -0.2) is 10.9 Å². The molecule has 0 aliphatic carbocycles. The first-order valence-electron chi connectivity index (χ1n) is 9.66. The monoisotopic (exact) mass is 413 g/mol. The van der Waals surface area contributed by atoms with E-state index in [-0.39, 0.29) is 11.5 Å². The van der Waals surface area contributed by atoms with E-state index in [1.165, 1.54) is 12.1 Å². The number of ether oxygens (including phenoxy) is 1. The highest BCUT2D eigenvalue weighted by atomic mass is 19.1. The Hall–Kier alpha value is -4.19. The Morgan fingerprint density at radius 3 is 2.19 bits per heavy atom. The number of hydrogen-bond acceptors (Lipinski definition) is 4. The predicted molar refractivity (Wildman–Crippen MR) is 119 cm³/mol. The van der Waals surface area contributed by atoms with Crippen LogP contribution in [0.1, 0.15) is 16.1 Å². The summed E-state index contributed by atoms with van der Waals surface area (Å²) in [5.74, 6) is 0.746. The summed E-state index contributed by atoms with van der Waals surface area (Å²) in [4.78, 5) is 16.2. The molecule has 0 fully saturated rings. The van der Waals surface area contributed by atoms with Gasteiger partial charge in [0.15, 0.2) is 0 Å². The third kappa shape index (κ3) is 4.87. The van der Waals surface area contributed by atoms with Crippen molar-refractivity contribution in [1.29, 1.82) is 0 Å². The van der Waals surface area contributed by atoms with Gasteiger partial charge in [0.2, 0.25) is 0 Å². The highest BCUT2D eigenvalue weighted by molar-refractivity contribution is 5.93. The lowest BCUT2D eigenvalue weighted by atomic mass is 10.1. The quantitative estimate of drug-likeness (QED) is 0.417. The van der Waals surface area contributed by atoms with Crippen molar-refractivity contribution in [3.05, 3.63) is 102 Å². The fourth-order valence-electron chi connectivity index (χ4n) is 3.09. The summed E-state index contributed by atoms with van der Waals surface area (Å²) in [6, 6.07) is 24.5. The number of nitrogens with two attached hydrogens (primary N) is 1. The molecular weight excluding hydrogens is 393 g/mol. The number of nitrogens with zero attached hydrogens (tertiary/aromatic N) is 1. The summed E-state index contributed by atoms with van der Waals surface area (Å²) in [6.45, 7) is 1.99. The number of nitrogens with one attached hydrogen (secondary N) is 1. The van der Waals surface area contributed by atoms with Crippen LogP contribution >= 0.6 is 0 Å². The van der Waals surface area contributed by atoms with Gasteiger partial charge in [-0.15, -0.1) is 0 Å². The lowest BCUT2D eigenvalue weighted by Crippen LogP contribution is -2.14. The first-order valence-corrected chi connectivity index (χ1v) is 9.66. The van der Waals surface area contributed by atoms with Crippen molar-refractivity contribution >= 4 is 17.4 Å². The molecule has 4 aromatic rings. The van der Waals surface area contributed by atoms with Crippen molar-refractivity contribution in [3.8, 4) is 22.6 Å². The third-order valence-corrected chi connectivity index (χ3v) is 4.72. The minimum atomic E-state index is -0.606. The number of anilines is 2. The van der Waals surface area contributed by atoms with Crippen LogP contribution in [0, 0.1) is 12.7 Å². The van der Waals surface area contributed by atoms with Crippen molar-refractivity contribution < 1.29 is 13.9 Å². The summed E-state index contributed by atoms with van der Waals surface area (Å²) in [5, 5.41) is 3.25. The van der Waals surface area contributed by atoms with E-state index in [0.717, 1.165) is 22.4 Å². The van der Waals surface area contributed by atoms with Gasteiger partial charge in [-0.1, -0.05) is 30.3 Å². The first kappa shape index (κ1) is 20.1. The van der Waals surface area contributed by atoms with Crippen molar-refractivity contribution in [2.75, 3.05) is 5.32 Å². The molecule has 0 saturated heterocycles. The SMILES string of the molecule is Cc1ccccc1Nc1cc(-c2ccc(Oc3ccc(F)cc3)cc2)cc(C(N)=O)n1. The number of amides is 1. The molecular formula is C25H20FN3O2. The molecule has 5 nitrogen and oxygen atoms in total. The zero-order valence-electron chi connectivity index (χ0n) is 16.8. The number of carbonyl (C=O) groups is 1. The Morgan fingerprint density at radius 2 is 1.55 bits per heavy atom. The molecule has 3 aromatic carbocycles. The van der Waals surface area contributed by atoms with Crippen molar-refractivity contribution in [1.82, 2.24) is 4.98 Å². The molecule has 154 valence electrons. The van der Waals surface area contributed by atoms with Gasteiger partial charge in [-0.05, 0) is 78.2 Å². The second-order valence-electron chi connectivity index (χ2n) is 7.01. The van der Waals surface area contributed by atoms with Crippen LogP contribution in [0.2, 0.25) is 0 Å². The van der Waals surface area contributed by atoms with Crippen LogP contribution in [0.3, 0.4) is 0 Å². The van der Waals surface area contributed by atoms with E-state index in [9.17, 15) is 9.18 Å². The number of hydrogen-bond donors (Lipinski definition) is 2. The summed E-state index contributed by atoms with van der Waals surface area (Å²) < 4.78 is 18.8. The molecule has 0 atom stereocenters. The second-order valence-corrected chi connectivity index (χ2v) is 7.01. The molecule has 4 rings (SSSR count). The van der Waals surface area contributed by atoms with Gasteiger partial charge in [0.1, 0.15) is 28.8 Å². The number of benzene rings is 3. The molecule has 0 aliphatic heterocycles. The van der Waals surface area contributed by atoms with Crippen LogP contribution in [-0.2, 0) is 0 Å². The Kier molecular flexibility index (Phi) is 5.62. The van der Waals surface area contributed by atoms with Crippen LogP contribution in [0.5, 0.6) is 11.5 Å². The van der Waals surface area contributed by atoms with Crippen molar-refractivity contribution in [3.63, 3.8) is 0 Å². The Balaban J connectivity index is 1.62. The zero-order chi connectivity index (χ0) is 21.8. The normalized spacial score (nSPS) is 10.5. The summed E-state index contributed by atoms with van der Waals surface area (Å²) >= 11 is 0. The fourth-order valence-corrected chi connectivity index (χ4v) is 3.09. The van der Waals surface area contributed by atoms with E-state index in [1.54, 1.807) is 30.3 Å². The largest absolute Gasteiger partial charge is 0.457 e. The molecule has 1 heterocycles. The number of para-hydroxylation sites is 1. The van der Waals surface area contributed by atoms with E-state index in [0.29, 0.717) is 17.3 Å². The maximum atomic E-state index is 13.0. The minimum absolute atomic E-state index is 0.167. The number of primary amides is 1. The molecule has 6 heteroatoms. The molecule has 0 saturated carbocycles. The van der Waals surface area contributed by atoms with E-state index in [4.69, 9.17) is 10.5 Å². The van der Waals surface area contributed by atoms with Gasteiger partial charge >= 0.3 is 0 Å². The van der Waals surface area contributed by atoms with Gasteiger partial charge in [-0.25, -0.2) is 9.37 Å². The topological polar surface area (TPSA) is 77.2 Å². The molecule has 0 spiro atoms. The van der Waals surface area contributed by atoms with Crippen molar-refractivity contribution in [2.24, 2.45) is 5.73 Å². The molecule has 3 N–H and O–H groups in total. The number of pyridine rings is 1. The summed E-state index contributed by atoms with van der Waals surface area (Å²) in [7, 11) is 0. The Bertz CT molecular complexity index is 1220. The summed E-state index contributed by atoms with van der Waals surface area (Å²) in [6.07, 6.45) is 0. The maximum absolute atomic E-state index is 13.0. The Morgan fingerprint density at radius 1 is 0.903 bits per heavy atom. The molecule has 0 unspecified atom stereocenters. The average Bonchev–Trinajstić information content (AvgIpc) is 2.77. The number of rotatable bonds is 6. The molecule has 0 bridgehead atoms. The highest BCUT2D eigenvalue weighted by Gasteiger charge is 2.10. The molecule has 31 heavy (non-hydrogen) atoms. The first-order chi connectivity index (χ1) is 15.0. The van der Waals surface area contributed by atoms with Gasteiger partial charge in [0.05, 0.1) is 0 Å². The van der Waals surface area contributed by atoms with Crippen LogP contribution in [0.4, 0.5) is 15.9 Å². The molecule has 1 aromatic heterocycles. The molecule has 0 radical (unpaired) electrons. The van der Waals surface area contributed by atoms with Crippen LogP contribution in [0.15, 0.2) is 84.9 Å². The average molecular weight is 413 g/mol. The lowest BCUT2D eigenvalue weighted by Gasteiger charge is -2.12. The number of aromatic nitrogens is 1. The van der Waals surface area contributed by atoms with E-state index >= 15 is 0 Å². The number of carbonyl (C=O) groups excluding carboxylic acids is 1. The maximum Gasteiger partial charge on any atom is 0.267 e. The third-order valence-electron chi connectivity index (χ3n) is 4.72. The van der Waals surface area contributed by atoms with Crippen LogP contribution in [0.25, 0.3) is 11.1 Å². The van der Waals surface area contributed by atoms with Gasteiger partial charge in [0.25, 0.3) is 5.91 Å². The zero-order valence-corrected chi connectivity index (χ0v) is 16.8. The molecule has 1 amide bonds.